The lowest BCUT2D eigenvalue weighted by atomic mass is 10.1. The highest BCUT2D eigenvalue weighted by atomic mass is 16.5. The SMILES string of the molecule is CCCc1c(N)ncnc1N(C)c1cccc(OC)c1. The molecule has 5 nitrogen and oxygen atoms in total. The lowest BCUT2D eigenvalue weighted by Gasteiger charge is -2.22. The number of nitrogens with two attached hydrogens (primary N) is 1. The molecule has 0 aliphatic rings. The van der Waals surface area contributed by atoms with Gasteiger partial charge in [0.25, 0.3) is 0 Å². The van der Waals surface area contributed by atoms with Crippen molar-refractivity contribution < 1.29 is 4.74 Å². The van der Waals surface area contributed by atoms with Gasteiger partial charge in [0.05, 0.1) is 7.11 Å². The normalized spacial score (nSPS) is 10.3. The zero-order valence-electron chi connectivity index (χ0n) is 12.1. The summed E-state index contributed by atoms with van der Waals surface area (Å²) in [6, 6.07) is 7.85. The molecular weight excluding hydrogens is 252 g/mol. The minimum atomic E-state index is 0.548. The number of ether oxygens (including phenoxy) is 1. The molecule has 0 aliphatic carbocycles. The van der Waals surface area contributed by atoms with Crippen LogP contribution in [0.2, 0.25) is 0 Å². The highest BCUT2D eigenvalue weighted by molar-refractivity contribution is 5.66. The summed E-state index contributed by atoms with van der Waals surface area (Å²) in [5, 5.41) is 0. The van der Waals surface area contributed by atoms with Crippen molar-refractivity contribution in [1.29, 1.82) is 0 Å². The zero-order valence-corrected chi connectivity index (χ0v) is 12.1. The second-order valence-electron chi connectivity index (χ2n) is 4.57. The summed E-state index contributed by atoms with van der Waals surface area (Å²) in [5.41, 5.74) is 7.96. The van der Waals surface area contributed by atoms with Gasteiger partial charge in [-0.3, -0.25) is 0 Å². The molecule has 1 aromatic heterocycles. The molecule has 0 saturated heterocycles. The third kappa shape index (κ3) is 2.82. The van der Waals surface area contributed by atoms with Gasteiger partial charge in [-0.05, 0) is 18.6 Å². The van der Waals surface area contributed by atoms with Gasteiger partial charge in [-0.2, -0.15) is 0 Å². The van der Waals surface area contributed by atoms with Crippen LogP contribution in [0.4, 0.5) is 17.3 Å². The highest BCUT2D eigenvalue weighted by Crippen LogP contribution is 2.29. The van der Waals surface area contributed by atoms with Crippen LogP contribution in [0.15, 0.2) is 30.6 Å². The Balaban J connectivity index is 2.42. The molecule has 0 saturated carbocycles. The van der Waals surface area contributed by atoms with Gasteiger partial charge in [0, 0.05) is 24.4 Å². The van der Waals surface area contributed by atoms with Crippen LogP contribution < -0.4 is 15.4 Å². The number of hydrogen-bond acceptors (Lipinski definition) is 5. The molecule has 0 bridgehead atoms. The van der Waals surface area contributed by atoms with Crippen LogP contribution in [0.5, 0.6) is 5.75 Å². The van der Waals surface area contributed by atoms with Crippen LogP contribution in [0, 0.1) is 0 Å². The maximum atomic E-state index is 5.98. The van der Waals surface area contributed by atoms with Crippen LogP contribution in [0.1, 0.15) is 18.9 Å². The maximum absolute atomic E-state index is 5.98. The average Bonchev–Trinajstić information content (AvgIpc) is 2.49. The Morgan fingerprint density at radius 3 is 2.80 bits per heavy atom. The van der Waals surface area contributed by atoms with Crippen LogP contribution in [-0.2, 0) is 6.42 Å². The summed E-state index contributed by atoms with van der Waals surface area (Å²) in [5.74, 6) is 2.20. The summed E-state index contributed by atoms with van der Waals surface area (Å²) >= 11 is 0. The zero-order chi connectivity index (χ0) is 14.5. The summed E-state index contributed by atoms with van der Waals surface area (Å²) in [6.45, 7) is 2.11. The predicted molar refractivity (Wildman–Crippen MR) is 81.5 cm³/mol. The fourth-order valence-corrected chi connectivity index (χ4v) is 2.14. The molecule has 0 atom stereocenters. The van der Waals surface area contributed by atoms with Crippen molar-refractivity contribution in [3.63, 3.8) is 0 Å². The van der Waals surface area contributed by atoms with Crippen molar-refractivity contribution in [2.45, 2.75) is 19.8 Å². The molecule has 0 amide bonds. The molecule has 0 spiro atoms. The standard InChI is InChI=1S/C15H20N4O/c1-4-6-13-14(16)17-10-18-15(13)19(2)11-7-5-8-12(9-11)20-3/h5,7-10H,4,6H2,1-3H3,(H2,16,17,18). The predicted octanol–water partition coefficient (Wildman–Crippen LogP) is 2.79. The number of anilines is 3. The molecule has 0 radical (unpaired) electrons. The fraction of sp³-hybridized carbons (Fsp3) is 0.333. The molecule has 1 heterocycles. The number of rotatable bonds is 5. The Bertz CT molecular complexity index is 586. The molecule has 0 fully saturated rings. The van der Waals surface area contributed by atoms with Crippen molar-refractivity contribution in [2.24, 2.45) is 0 Å². The number of nitrogens with zero attached hydrogens (tertiary/aromatic N) is 3. The number of aromatic nitrogens is 2. The van der Waals surface area contributed by atoms with E-state index in [1.165, 1.54) is 6.33 Å². The Labute approximate surface area is 119 Å². The molecule has 2 rings (SSSR count). The van der Waals surface area contributed by atoms with Crippen molar-refractivity contribution >= 4 is 17.3 Å². The van der Waals surface area contributed by atoms with Crippen LogP contribution in [0.25, 0.3) is 0 Å². The van der Waals surface area contributed by atoms with E-state index < -0.39 is 0 Å². The van der Waals surface area contributed by atoms with Gasteiger partial charge in [-0.15, -0.1) is 0 Å². The van der Waals surface area contributed by atoms with Gasteiger partial charge < -0.3 is 15.4 Å². The topological polar surface area (TPSA) is 64.3 Å². The van der Waals surface area contributed by atoms with E-state index in [-0.39, 0.29) is 0 Å². The summed E-state index contributed by atoms with van der Waals surface area (Å²) in [4.78, 5) is 10.5. The maximum Gasteiger partial charge on any atom is 0.141 e. The van der Waals surface area contributed by atoms with Crippen molar-refractivity contribution in [1.82, 2.24) is 9.97 Å². The Hall–Kier alpha value is -2.30. The van der Waals surface area contributed by atoms with E-state index in [0.717, 1.165) is 35.7 Å². The van der Waals surface area contributed by atoms with E-state index in [4.69, 9.17) is 10.5 Å². The van der Waals surface area contributed by atoms with Gasteiger partial charge in [0.15, 0.2) is 0 Å². The molecule has 2 aromatic rings. The first-order chi connectivity index (χ1) is 9.67. The first-order valence-corrected chi connectivity index (χ1v) is 6.64. The van der Waals surface area contributed by atoms with Crippen LogP contribution in [0.3, 0.4) is 0 Å². The largest absolute Gasteiger partial charge is 0.497 e. The van der Waals surface area contributed by atoms with Crippen molar-refractivity contribution in [3.05, 3.63) is 36.2 Å². The number of hydrogen-bond donors (Lipinski definition) is 1. The van der Waals surface area contributed by atoms with Gasteiger partial charge in [0.1, 0.15) is 23.7 Å². The molecular formula is C15H20N4O. The van der Waals surface area contributed by atoms with E-state index >= 15 is 0 Å². The summed E-state index contributed by atoms with van der Waals surface area (Å²) < 4.78 is 5.26. The van der Waals surface area contributed by atoms with Gasteiger partial charge in [-0.25, -0.2) is 9.97 Å². The summed E-state index contributed by atoms with van der Waals surface area (Å²) in [7, 11) is 3.63. The van der Waals surface area contributed by atoms with E-state index in [0.29, 0.717) is 5.82 Å². The van der Waals surface area contributed by atoms with E-state index in [1.54, 1.807) is 7.11 Å². The minimum Gasteiger partial charge on any atom is -0.497 e. The highest BCUT2D eigenvalue weighted by Gasteiger charge is 2.14. The first kappa shape index (κ1) is 14.1. The van der Waals surface area contributed by atoms with Crippen molar-refractivity contribution in [3.8, 4) is 5.75 Å². The molecule has 106 valence electrons. The fourth-order valence-electron chi connectivity index (χ4n) is 2.14. The van der Waals surface area contributed by atoms with E-state index in [1.807, 2.05) is 36.2 Å². The molecule has 5 heteroatoms. The second-order valence-corrected chi connectivity index (χ2v) is 4.57. The van der Waals surface area contributed by atoms with Crippen molar-refractivity contribution in [2.75, 3.05) is 24.8 Å². The quantitative estimate of drug-likeness (QED) is 0.906. The average molecular weight is 272 g/mol. The molecule has 0 aliphatic heterocycles. The number of nitrogen functional groups attached to an aromatic ring is 1. The van der Waals surface area contributed by atoms with Gasteiger partial charge >= 0.3 is 0 Å². The Morgan fingerprint density at radius 1 is 1.30 bits per heavy atom. The Morgan fingerprint density at radius 2 is 2.10 bits per heavy atom. The summed E-state index contributed by atoms with van der Waals surface area (Å²) in [6.07, 6.45) is 3.35. The third-order valence-corrected chi connectivity index (χ3v) is 3.21. The molecule has 20 heavy (non-hydrogen) atoms. The molecule has 0 unspecified atom stereocenters. The number of methoxy groups -OCH3 is 1. The minimum absolute atomic E-state index is 0.548. The molecule has 1 aromatic carbocycles. The Kier molecular flexibility index (Phi) is 4.40. The number of benzene rings is 1. The van der Waals surface area contributed by atoms with E-state index in [9.17, 15) is 0 Å². The monoisotopic (exact) mass is 272 g/mol. The molecule has 2 N–H and O–H groups in total. The van der Waals surface area contributed by atoms with E-state index in [2.05, 4.69) is 16.9 Å². The van der Waals surface area contributed by atoms with Crippen LogP contribution in [-0.4, -0.2) is 24.1 Å². The lowest BCUT2D eigenvalue weighted by molar-refractivity contribution is 0.415. The first-order valence-electron chi connectivity index (χ1n) is 6.64. The van der Waals surface area contributed by atoms with Crippen LogP contribution >= 0.6 is 0 Å². The van der Waals surface area contributed by atoms with Gasteiger partial charge in [0.2, 0.25) is 0 Å². The smallest absolute Gasteiger partial charge is 0.141 e. The third-order valence-electron chi connectivity index (χ3n) is 3.21. The second kappa shape index (κ2) is 6.23. The lowest BCUT2D eigenvalue weighted by Crippen LogP contribution is -2.15. The van der Waals surface area contributed by atoms with Gasteiger partial charge in [-0.1, -0.05) is 19.4 Å².